The van der Waals surface area contributed by atoms with Crippen molar-refractivity contribution in [3.63, 3.8) is 0 Å². The zero-order chi connectivity index (χ0) is 53.0. The summed E-state index contributed by atoms with van der Waals surface area (Å²) in [6.45, 7) is 4.09. The van der Waals surface area contributed by atoms with Crippen LogP contribution in [0.4, 0.5) is 0 Å². The minimum atomic E-state index is -1.29. The molecular formula is C67H129NO5. The summed E-state index contributed by atoms with van der Waals surface area (Å²) in [5, 5.41) is 44.1. The molecular weight excluding hydrogens is 899 g/mol. The number of hydrogen-bond acceptors (Lipinski definition) is 5. The number of aliphatic hydroxyl groups excluding tert-OH is 4. The van der Waals surface area contributed by atoms with E-state index in [9.17, 15) is 25.2 Å². The maximum atomic E-state index is 12.6. The van der Waals surface area contributed by atoms with Gasteiger partial charge in [-0.2, -0.15) is 0 Å². The molecule has 0 saturated carbocycles. The van der Waals surface area contributed by atoms with Crippen molar-refractivity contribution >= 4 is 5.91 Å². The molecule has 432 valence electrons. The summed E-state index contributed by atoms with van der Waals surface area (Å²) in [5.41, 5.74) is 0. The maximum absolute atomic E-state index is 12.6. The highest BCUT2D eigenvalue weighted by Crippen LogP contribution is 2.18. The number of nitrogens with one attached hydrogen (secondary N) is 1. The fourth-order valence-corrected chi connectivity index (χ4v) is 10.4. The molecule has 0 fully saturated rings. The molecule has 0 radical (unpaired) electrons. The third kappa shape index (κ3) is 55.1. The van der Waals surface area contributed by atoms with Gasteiger partial charge < -0.3 is 25.7 Å². The van der Waals surface area contributed by atoms with Gasteiger partial charge in [0.2, 0.25) is 5.91 Å². The van der Waals surface area contributed by atoms with E-state index in [-0.39, 0.29) is 0 Å². The Kier molecular flexibility index (Phi) is 60.1. The summed E-state index contributed by atoms with van der Waals surface area (Å²) in [7, 11) is 0. The Balaban J connectivity index is 3.61. The van der Waals surface area contributed by atoms with E-state index in [4.69, 9.17) is 0 Å². The van der Waals surface area contributed by atoms with Crippen molar-refractivity contribution in [1.29, 1.82) is 0 Å². The van der Waals surface area contributed by atoms with Gasteiger partial charge in [0.15, 0.2) is 0 Å². The summed E-state index contributed by atoms with van der Waals surface area (Å²) >= 11 is 0. The number of hydrogen-bond donors (Lipinski definition) is 5. The van der Waals surface area contributed by atoms with Gasteiger partial charge in [0.25, 0.3) is 0 Å². The van der Waals surface area contributed by atoms with Crippen molar-refractivity contribution in [2.75, 3.05) is 6.61 Å². The lowest BCUT2D eigenvalue weighted by Gasteiger charge is -2.27. The van der Waals surface area contributed by atoms with Crippen molar-refractivity contribution in [1.82, 2.24) is 5.32 Å². The molecule has 0 aliphatic heterocycles. The van der Waals surface area contributed by atoms with Gasteiger partial charge in [-0.05, 0) is 77.0 Å². The summed E-state index contributed by atoms with van der Waals surface area (Å²) < 4.78 is 0. The predicted molar refractivity (Wildman–Crippen MR) is 321 cm³/mol. The van der Waals surface area contributed by atoms with Crippen LogP contribution in [0.3, 0.4) is 0 Å². The molecule has 0 rings (SSSR count). The fourth-order valence-electron chi connectivity index (χ4n) is 10.4. The molecule has 0 aromatic rings. The first kappa shape index (κ1) is 71.5. The number of allylic oxidation sites excluding steroid dienone is 6. The third-order valence-corrected chi connectivity index (χ3v) is 15.6. The van der Waals surface area contributed by atoms with Crippen LogP contribution in [0.5, 0.6) is 0 Å². The number of carbonyl (C=O) groups is 1. The van der Waals surface area contributed by atoms with Crippen LogP contribution in [-0.2, 0) is 4.79 Å². The SMILES string of the molecule is CCCCCCCCCCCCCC/C=C\CCCCCCCCCCCCCCCCCC(O)C(=O)NC(CO)C(O)C(O)CCC/C=C/CC/C=C/CCCCCCCCCCCCCCCCCCC. The monoisotopic (exact) mass is 1030 g/mol. The average Bonchev–Trinajstić information content (AvgIpc) is 3.40. The van der Waals surface area contributed by atoms with E-state index < -0.39 is 36.9 Å². The van der Waals surface area contributed by atoms with E-state index in [1.165, 1.54) is 283 Å². The highest BCUT2D eigenvalue weighted by atomic mass is 16.3. The molecule has 6 heteroatoms. The smallest absolute Gasteiger partial charge is 0.249 e. The molecule has 0 spiro atoms. The second-order valence-corrected chi connectivity index (χ2v) is 22.8. The lowest BCUT2D eigenvalue weighted by Crippen LogP contribution is -2.53. The second kappa shape index (κ2) is 61.4. The molecule has 0 aromatic carbocycles. The number of amides is 1. The zero-order valence-corrected chi connectivity index (χ0v) is 49.2. The van der Waals surface area contributed by atoms with Crippen LogP contribution in [0.1, 0.15) is 354 Å². The Labute approximate surface area is 456 Å². The van der Waals surface area contributed by atoms with E-state index in [0.717, 1.165) is 38.5 Å². The van der Waals surface area contributed by atoms with Crippen molar-refractivity contribution in [2.24, 2.45) is 0 Å². The predicted octanol–water partition coefficient (Wildman–Crippen LogP) is 19.9. The van der Waals surface area contributed by atoms with Gasteiger partial charge in [-0.25, -0.2) is 0 Å². The molecule has 73 heavy (non-hydrogen) atoms. The summed E-state index contributed by atoms with van der Waals surface area (Å²) in [5.74, 6) is -0.592. The van der Waals surface area contributed by atoms with E-state index in [1.54, 1.807) is 0 Å². The lowest BCUT2D eigenvalue weighted by molar-refractivity contribution is -0.132. The quantitative estimate of drug-likeness (QED) is 0.0308. The van der Waals surface area contributed by atoms with Gasteiger partial charge in [0, 0.05) is 0 Å². The van der Waals surface area contributed by atoms with Crippen LogP contribution in [-0.4, -0.2) is 57.3 Å². The van der Waals surface area contributed by atoms with Crippen LogP contribution in [0, 0.1) is 0 Å². The summed E-state index contributed by atoms with van der Waals surface area (Å²) in [6.07, 6.45) is 78.3. The largest absolute Gasteiger partial charge is 0.394 e. The molecule has 0 bridgehead atoms. The van der Waals surface area contributed by atoms with Crippen molar-refractivity contribution in [2.45, 2.75) is 379 Å². The van der Waals surface area contributed by atoms with Crippen LogP contribution >= 0.6 is 0 Å². The molecule has 4 atom stereocenters. The normalized spacial score (nSPS) is 13.8. The van der Waals surface area contributed by atoms with Crippen molar-refractivity contribution in [3.05, 3.63) is 36.5 Å². The van der Waals surface area contributed by atoms with E-state index >= 15 is 0 Å². The molecule has 0 heterocycles. The minimum Gasteiger partial charge on any atom is -0.394 e. The van der Waals surface area contributed by atoms with E-state index in [2.05, 4.69) is 55.6 Å². The molecule has 4 unspecified atom stereocenters. The van der Waals surface area contributed by atoms with Crippen molar-refractivity contribution < 1.29 is 25.2 Å². The van der Waals surface area contributed by atoms with Crippen LogP contribution in [0.15, 0.2) is 36.5 Å². The van der Waals surface area contributed by atoms with Crippen LogP contribution in [0.2, 0.25) is 0 Å². The van der Waals surface area contributed by atoms with E-state index in [0.29, 0.717) is 19.3 Å². The van der Waals surface area contributed by atoms with Crippen LogP contribution in [0.25, 0.3) is 0 Å². The molecule has 0 aliphatic carbocycles. The molecule has 0 aromatic heterocycles. The maximum Gasteiger partial charge on any atom is 0.249 e. The Morgan fingerprint density at radius 2 is 0.575 bits per heavy atom. The first-order valence-corrected chi connectivity index (χ1v) is 32.9. The topological polar surface area (TPSA) is 110 Å². The first-order chi connectivity index (χ1) is 36.0. The Morgan fingerprint density at radius 1 is 0.329 bits per heavy atom. The van der Waals surface area contributed by atoms with Gasteiger partial charge in [0.05, 0.1) is 18.8 Å². The van der Waals surface area contributed by atoms with Gasteiger partial charge >= 0.3 is 0 Å². The minimum absolute atomic E-state index is 0.362. The zero-order valence-electron chi connectivity index (χ0n) is 49.2. The van der Waals surface area contributed by atoms with Gasteiger partial charge in [0.1, 0.15) is 12.2 Å². The van der Waals surface area contributed by atoms with Crippen LogP contribution < -0.4 is 5.32 Å². The Bertz CT molecular complexity index is 1150. The molecule has 1 amide bonds. The molecule has 0 aliphatic rings. The average molecular weight is 1030 g/mol. The van der Waals surface area contributed by atoms with Gasteiger partial charge in [-0.15, -0.1) is 0 Å². The highest BCUT2D eigenvalue weighted by molar-refractivity contribution is 5.80. The third-order valence-electron chi connectivity index (χ3n) is 15.6. The number of rotatable bonds is 61. The second-order valence-electron chi connectivity index (χ2n) is 22.8. The van der Waals surface area contributed by atoms with E-state index in [1.807, 2.05) is 0 Å². The van der Waals surface area contributed by atoms with Crippen molar-refractivity contribution in [3.8, 4) is 0 Å². The Hall–Kier alpha value is -1.47. The molecule has 5 N–H and O–H groups in total. The first-order valence-electron chi connectivity index (χ1n) is 32.9. The number of aliphatic hydroxyl groups is 4. The lowest BCUT2D eigenvalue weighted by atomic mass is 10.00. The summed E-state index contributed by atoms with van der Waals surface area (Å²) in [6, 6.07) is -1.01. The van der Waals surface area contributed by atoms with Gasteiger partial charge in [-0.3, -0.25) is 4.79 Å². The molecule has 0 saturated heterocycles. The number of unbranched alkanes of at least 4 members (excludes halogenated alkanes) is 46. The van der Waals surface area contributed by atoms with Gasteiger partial charge in [-0.1, -0.05) is 314 Å². The highest BCUT2D eigenvalue weighted by Gasteiger charge is 2.28. The summed E-state index contributed by atoms with van der Waals surface area (Å²) in [4.78, 5) is 12.6. The Morgan fingerprint density at radius 3 is 0.863 bits per heavy atom. The molecule has 6 nitrogen and oxygen atoms in total. The number of carbonyl (C=O) groups excluding carboxylic acids is 1. The standard InChI is InChI=1S/C67H129NO5/c1-3-5-7-9-11-13-15-17-19-21-23-25-27-29-31-32-33-34-35-37-39-41-43-45-47-49-51-53-55-57-59-61-65(71)67(73)68-63(62-69)66(72)64(70)60-58-56-54-52-50-48-46-44-42-40-38-36-30-28-26-24-22-20-18-16-14-12-10-8-6-4-2/h29,31,44,46,52,54,63-66,69-72H,3-28,30,32-43,45,47-51,53,55-62H2,1-2H3,(H,68,73)/b31-29-,46-44+,54-52+. The fraction of sp³-hybridized carbons (Fsp3) is 0.896.